The quantitative estimate of drug-likeness (QED) is 0.740. The second-order valence-electron chi connectivity index (χ2n) is 3.68. The number of likely N-dealkylation sites (N-methyl/N-ethyl adjacent to an activating group) is 1. The van der Waals surface area contributed by atoms with Gasteiger partial charge in [0.2, 0.25) is 0 Å². The van der Waals surface area contributed by atoms with Gasteiger partial charge in [-0.05, 0) is 26.2 Å². The Bertz CT molecular complexity index is 420. The van der Waals surface area contributed by atoms with Gasteiger partial charge >= 0.3 is 0 Å². The van der Waals surface area contributed by atoms with Crippen LogP contribution in [0.5, 0.6) is 0 Å². The number of fused-ring (bicyclic) bond motifs is 1. The van der Waals surface area contributed by atoms with E-state index < -0.39 is 0 Å². The topological polar surface area (TPSA) is 29.3 Å². The van der Waals surface area contributed by atoms with Crippen LogP contribution < -0.4 is 0 Å². The van der Waals surface area contributed by atoms with Crippen LogP contribution in [0.3, 0.4) is 0 Å². The van der Waals surface area contributed by atoms with Crippen molar-refractivity contribution in [3.8, 4) is 0 Å². The van der Waals surface area contributed by atoms with E-state index >= 15 is 0 Å². The van der Waals surface area contributed by atoms with Crippen molar-refractivity contribution in [2.75, 3.05) is 20.6 Å². The third kappa shape index (κ3) is 1.77. The van der Waals surface area contributed by atoms with Crippen LogP contribution in [-0.2, 0) is 6.42 Å². The molecule has 3 heteroatoms. The van der Waals surface area contributed by atoms with E-state index in [-0.39, 0.29) is 0 Å². The maximum Gasteiger partial charge on any atom is 0.145 e. The number of benzene rings is 1. The second kappa shape index (κ2) is 3.80. The average Bonchev–Trinajstić information content (AvgIpc) is 2.58. The minimum absolute atomic E-state index is 0.910. The normalized spacial score (nSPS) is 11.4. The Morgan fingerprint density at radius 3 is 2.86 bits per heavy atom. The van der Waals surface area contributed by atoms with Gasteiger partial charge in [0.25, 0.3) is 0 Å². The first-order valence-corrected chi connectivity index (χ1v) is 4.75. The zero-order chi connectivity index (χ0) is 9.97. The van der Waals surface area contributed by atoms with E-state index in [2.05, 4.69) is 30.2 Å². The van der Waals surface area contributed by atoms with Crippen LogP contribution in [0.25, 0.3) is 10.9 Å². The maximum atomic E-state index is 5.29. The van der Waals surface area contributed by atoms with E-state index in [9.17, 15) is 0 Å². The van der Waals surface area contributed by atoms with Crippen molar-refractivity contribution < 1.29 is 4.52 Å². The van der Waals surface area contributed by atoms with Gasteiger partial charge in [0.05, 0.1) is 0 Å². The minimum atomic E-state index is 0.910. The highest BCUT2D eigenvalue weighted by Crippen LogP contribution is 2.17. The Kier molecular flexibility index (Phi) is 2.50. The maximum absolute atomic E-state index is 5.29. The molecule has 0 fully saturated rings. The van der Waals surface area contributed by atoms with E-state index in [4.69, 9.17) is 4.52 Å². The van der Waals surface area contributed by atoms with Gasteiger partial charge < -0.3 is 9.42 Å². The summed E-state index contributed by atoms with van der Waals surface area (Å²) in [5.41, 5.74) is 0.946. The number of aromatic nitrogens is 1. The summed E-state index contributed by atoms with van der Waals surface area (Å²) in [5.74, 6) is 0.981. The molecule has 74 valence electrons. The lowest BCUT2D eigenvalue weighted by atomic mass is 10.2. The second-order valence-corrected chi connectivity index (χ2v) is 3.68. The molecule has 0 saturated carbocycles. The molecule has 0 aliphatic carbocycles. The van der Waals surface area contributed by atoms with Gasteiger partial charge in [0.15, 0.2) is 0 Å². The Balaban J connectivity index is 2.25. The van der Waals surface area contributed by atoms with Crippen molar-refractivity contribution in [3.05, 3.63) is 30.0 Å². The van der Waals surface area contributed by atoms with Crippen molar-refractivity contribution in [2.45, 2.75) is 6.42 Å². The first kappa shape index (κ1) is 9.21. The zero-order valence-electron chi connectivity index (χ0n) is 8.53. The molecule has 0 bridgehead atoms. The van der Waals surface area contributed by atoms with Crippen LogP contribution in [0.15, 0.2) is 28.8 Å². The van der Waals surface area contributed by atoms with Crippen molar-refractivity contribution in [1.82, 2.24) is 10.1 Å². The van der Waals surface area contributed by atoms with E-state index in [0.717, 1.165) is 29.6 Å². The third-order valence-electron chi connectivity index (χ3n) is 2.24. The first-order chi connectivity index (χ1) is 6.77. The van der Waals surface area contributed by atoms with Crippen LogP contribution in [0, 0.1) is 0 Å². The molecule has 0 unspecified atom stereocenters. The molecule has 0 aliphatic rings. The molecule has 3 nitrogen and oxygen atoms in total. The summed E-state index contributed by atoms with van der Waals surface area (Å²) in [6.45, 7) is 0.985. The SMILES string of the molecule is CN(C)CCc1onc2ccccc12. The van der Waals surface area contributed by atoms with Crippen LogP contribution in [0.2, 0.25) is 0 Å². The lowest BCUT2D eigenvalue weighted by Crippen LogP contribution is -2.14. The summed E-state index contributed by atoms with van der Waals surface area (Å²) in [7, 11) is 4.11. The average molecular weight is 190 g/mol. The first-order valence-electron chi connectivity index (χ1n) is 4.75. The largest absolute Gasteiger partial charge is 0.360 e. The molecule has 2 aromatic rings. The van der Waals surface area contributed by atoms with Crippen LogP contribution in [0.4, 0.5) is 0 Å². The Morgan fingerprint density at radius 1 is 1.29 bits per heavy atom. The molecule has 0 atom stereocenters. The highest BCUT2D eigenvalue weighted by Gasteiger charge is 2.06. The molecule has 0 amide bonds. The molecule has 2 rings (SSSR count). The van der Waals surface area contributed by atoms with Crippen molar-refractivity contribution in [2.24, 2.45) is 0 Å². The molecule has 1 aromatic heterocycles. The lowest BCUT2D eigenvalue weighted by molar-refractivity contribution is 0.354. The smallest absolute Gasteiger partial charge is 0.145 e. The van der Waals surface area contributed by atoms with Crippen LogP contribution in [-0.4, -0.2) is 30.7 Å². The minimum Gasteiger partial charge on any atom is -0.360 e. The fraction of sp³-hybridized carbons (Fsp3) is 0.364. The van der Waals surface area contributed by atoms with E-state index in [1.54, 1.807) is 0 Å². The monoisotopic (exact) mass is 190 g/mol. The Labute approximate surface area is 83.3 Å². The van der Waals surface area contributed by atoms with E-state index in [1.807, 2.05) is 18.2 Å². The Morgan fingerprint density at radius 2 is 2.07 bits per heavy atom. The molecule has 1 aromatic carbocycles. The molecule has 14 heavy (non-hydrogen) atoms. The van der Waals surface area contributed by atoms with E-state index in [1.165, 1.54) is 0 Å². The third-order valence-corrected chi connectivity index (χ3v) is 2.24. The number of hydrogen-bond acceptors (Lipinski definition) is 3. The summed E-state index contributed by atoms with van der Waals surface area (Å²) in [4.78, 5) is 2.14. The summed E-state index contributed by atoms with van der Waals surface area (Å²) in [5, 5.41) is 5.14. The van der Waals surface area contributed by atoms with Gasteiger partial charge in [0, 0.05) is 18.4 Å². The van der Waals surface area contributed by atoms with E-state index in [0.29, 0.717) is 0 Å². The van der Waals surface area contributed by atoms with Crippen LogP contribution >= 0.6 is 0 Å². The van der Waals surface area contributed by atoms with Gasteiger partial charge in [0.1, 0.15) is 11.3 Å². The van der Waals surface area contributed by atoms with Gasteiger partial charge in [-0.2, -0.15) is 0 Å². The molecule has 0 N–H and O–H groups in total. The zero-order valence-corrected chi connectivity index (χ0v) is 8.53. The predicted octanol–water partition coefficient (Wildman–Crippen LogP) is 1.93. The molecule has 0 aliphatic heterocycles. The molecule has 0 saturated heterocycles. The molecular weight excluding hydrogens is 176 g/mol. The standard InChI is InChI=1S/C11H14N2O/c1-13(2)8-7-11-9-5-3-4-6-10(9)12-14-11/h3-6H,7-8H2,1-2H3. The molecular formula is C11H14N2O. The molecule has 0 radical (unpaired) electrons. The van der Waals surface area contributed by atoms with Gasteiger partial charge in [-0.15, -0.1) is 0 Å². The lowest BCUT2D eigenvalue weighted by Gasteiger charge is -2.06. The fourth-order valence-electron chi connectivity index (χ4n) is 1.45. The molecule has 0 spiro atoms. The molecule has 1 heterocycles. The van der Waals surface area contributed by atoms with Crippen LogP contribution in [0.1, 0.15) is 5.76 Å². The Hall–Kier alpha value is -1.35. The van der Waals surface area contributed by atoms with Gasteiger partial charge in [-0.1, -0.05) is 17.3 Å². The van der Waals surface area contributed by atoms with Crippen molar-refractivity contribution >= 4 is 10.9 Å². The predicted molar refractivity (Wildman–Crippen MR) is 56.3 cm³/mol. The van der Waals surface area contributed by atoms with Crippen molar-refractivity contribution in [1.29, 1.82) is 0 Å². The highest BCUT2D eigenvalue weighted by atomic mass is 16.5. The summed E-state index contributed by atoms with van der Waals surface area (Å²) in [6, 6.07) is 8.01. The summed E-state index contributed by atoms with van der Waals surface area (Å²) < 4.78 is 5.29. The van der Waals surface area contributed by atoms with Gasteiger partial charge in [-0.3, -0.25) is 0 Å². The summed E-state index contributed by atoms with van der Waals surface area (Å²) in [6.07, 6.45) is 0.910. The van der Waals surface area contributed by atoms with Gasteiger partial charge in [-0.25, -0.2) is 0 Å². The summed E-state index contributed by atoms with van der Waals surface area (Å²) >= 11 is 0. The number of nitrogens with zero attached hydrogens (tertiary/aromatic N) is 2. The number of rotatable bonds is 3. The fourth-order valence-corrected chi connectivity index (χ4v) is 1.45. The van der Waals surface area contributed by atoms with Crippen molar-refractivity contribution in [3.63, 3.8) is 0 Å². The highest BCUT2D eigenvalue weighted by molar-refractivity contribution is 5.80. The number of hydrogen-bond donors (Lipinski definition) is 0.